The van der Waals surface area contributed by atoms with E-state index in [4.69, 9.17) is 5.73 Å². The number of nitro benzene ring substituents is 1. The van der Waals surface area contributed by atoms with Gasteiger partial charge in [-0.1, -0.05) is 19.8 Å². The molecule has 3 N–H and O–H groups in total. The Morgan fingerprint density at radius 1 is 1.48 bits per heavy atom. The fraction of sp³-hybridized carbons (Fsp3) is 0.571. The van der Waals surface area contributed by atoms with E-state index in [0.717, 1.165) is 31.7 Å². The molecule has 0 heterocycles. The molecule has 2 unspecified atom stereocenters. The number of nitrogens with one attached hydrogen (secondary N) is 1. The third kappa shape index (κ3) is 2.97. The quantitative estimate of drug-likeness (QED) is 0.661. The Kier molecular flexibility index (Phi) is 4.41. The second kappa shape index (κ2) is 5.93. The molecule has 1 saturated carbocycles. The van der Waals surface area contributed by atoms with Crippen molar-refractivity contribution >= 4 is 11.4 Å². The van der Waals surface area contributed by atoms with Crippen LogP contribution in [0.15, 0.2) is 12.1 Å². The second-order valence-corrected chi connectivity index (χ2v) is 5.67. The highest BCUT2D eigenvalue weighted by molar-refractivity contribution is 5.63. The number of hydrogen-bond donors (Lipinski definition) is 2. The monoisotopic (exact) mass is 299 g/mol. The molecule has 2 atom stereocenters. The van der Waals surface area contributed by atoms with E-state index in [0.29, 0.717) is 6.07 Å². The van der Waals surface area contributed by atoms with Crippen LogP contribution < -0.4 is 11.1 Å². The Labute approximate surface area is 121 Å². The summed E-state index contributed by atoms with van der Waals surface area (Å²) in [7, 11) is 0. The van der Waals surface area contributed by atoms with Crippen molar-refractivity contribution in [1.29, 1.82) is 0 Å². The van der Waals surface area contributed by atoms with Crippen LogP contribution in [0.1, 0.15) is 32.6 Å². The molecule has 0 aromatic heterocycles. The van der Waals surface area contributed by atoms with Gasteiger partial charge in [0.1, 0.15) is 11.5 Å². The first kappa shape index (κ1) is 15.6. The molecular formula is C14H19F2N3O2. The third-order valence-electron chi connectivity index (χ3n) is 4.41. The maximum Gasteiger partial charge on any atom is 0.327 e. The zero-order valence-corrected chi connectivity index (χ0v) is 11.9. The summed E-state index contributed by atoms with van der Waals surface area (Å²) in [6.07, 6.45) is 3.64. The van der Waals surface area contributed by atoms with Crippen LogP contribution in [-0.2, 0) is 0 Å². The summed E-state index contributed by atoms with van der Waals surface area (Å²) < 4.78 is 27.1. The molecule has 0 aliphatic heterocycles. The van der Waals surface area contributed by atoms with Gasteiger partial charge in [-0.3, -0.25) is 10.1 Å². The van der Waals surface area contributed by atoms with Gasteiger partial charge in [0.2, 0.25) is 5.82 Å². The molecule has 116 valence electrons. The van der Waals surface area contributed by atoms with Crippen LogP contribution in [0.2, 0.25) is 0 Å². The summed E-state index contributed by atoms with van der Waals surface area (Å²) in [6.45, 7) is 2.25. The molecule has 2 rings (SSSR count). The molecule has 1 aliphatic rings. The van der Waals surface area contributed by atoms with Gasteiger partial charge in [0.15, 0.2) is 0 Å². The van der Waals surface area contributed by atoms with E-state index in [1.165, 1.54) is 0 Å². The lowest BCUT2D eigenvalue weighted by molar-refractivity contribution is -0.386. The largest absolute Gasteiger partial charge is 0.372 e. The first-order chi connectivity index (χ1) is 9.89. The van der Waals surface area contributed by atoms with E-state index >= 15 is 0 Å². The number of anilines is 1. The lowest BCUT2D eigenvalue weighted by Gasteiger charge is -2.43. The van der Waals surface area contributed by atoms with E-state index in [-0.39, 0.29) is 18.2 Å². The number of rotatable bonds is 4. The molecule has 1 aliphatic carbocycles. The maximum absolute atomic E-state index is 13.7. The summed E-state index contributed by atoms with van der Waals surface area (Å²) >= 11 is 0. The van der Waals surface area contributed by atoms with Crippen molar-refractivity contribution in [2.75, 3.05) is 11.9 Å². The van der Waals surface area contributed by atoms with E-state index < -0.39 is 27.8 Å². The van der Waals surface area contributed by atoms with Crippen molar-refractivity contribution in [3.05, 3.63) is 33.9 Å². The topological polar surface area (TPSA) is 81.2 Å². The Hall–Kier alpha value is -1.76. The molecule has 1 fully saturated rings. The highest BCUT2D eigenvalue weighted by atomic mass is 19.1. The van der Waals surface area contributed by atoms with E-state index in [2.05, 4.69) is 5.32 Å². The van der Waals surface area contributed by atoms with Crippen molar-refractivity contribution in [3.8, 4) is 0 Å². The number of halogens is 2. The molecule has 0 saturated heterocycles. The van der Waals surface area contributed by atoms with E-state index in [1.54, 1.807) is 0 Å². The summed E-state index contributed by atoms with van der Waals surface area (Å²) in [6, 6.07) is 1.47. The van der Waals surface area contributed by atoms with Crippen molar-refractivity contribution in [3.63, 3.8) is 0 Å². The van der Waals surface area contributed by atoms with Crippen LogP contribution in [0, 0.1) is 27.7 Å². The standard InChI is InChI=1S/C14H19F2N3O2/c1-9-4-2-3-5-14(9,8-17)18-12-7-10(15)6-11(16)13(12)19(20)21/h6-7,9,18H,2-5,8,17H2,1H3. The Bertz CT molecular complexity index is 553. The predicted molar refractivity (Wildman–Crippen MR) is 76.1 cm³/mol. The highest BCUT2D eigenvalue weighted by Crippen LogP contribution is 2.39. The minimum atomic E-state index is -1.18. The van der Waals surface area contributed by atoms with Crippen LogP contribution in [0.4, 0.5) is 20.2 Å². The van der Waals surface area contributed by atoms with Gasteiger partial charge in [-0.2, -0.15) is 4.39 Å². The predicted octanol–water partition coefficient (Wildman–Crippen LogP) is 3.19. The van der Waals surface area contributed by atoms with Gasteiger partial charge in [0, 0.05) is 18.7 Å². The summed E-state index contributed by atoms with van der Waals surface area (Å²) in [5, 5.41) is 14.0. The van der Waals surface area contributed by atoms with Crippen molar-refractivity contribution in [2.45, 2.75) is 38.1 Å². The Morgan fingerprint density at radius 2 is 2.19 bits per heavy atom. The van der Waals surface area contributed by atoms with E-state index in [1.807, 2.05) is 6.92 Å². The van der Waals surface area contributed by atoms with Crippen LogP contribution in [0.25, 0.3) is 0 Å². The third-order valence-corrected chi connectivity index (χ3v) is 4.41. The van der Waals surface area contributed by atoms with Gasteiger partial charge < -0.3 is 11.1 Å². The second-order valence-electron chi connectivity index (χ2n) is 5.67. The molecule has 7 heteroatoms. The first-order valence-electron chi connectivity index (χ1n) is 7.01. The number of nitrogens with two attached hydrogens (primary N) is 1. The van der Waals surface area contributed by atoms with Crippen LogP contribution in [0.3, 0.4) is 0 Å². The average Bonchev–Trinajstić information content (AvgIpc) is 2.40. The average molecular weight is 299 g/mol. The van der Waals surface area contributed by atoms with Crippen LogP contribution >= 0.6 is 0 Å². The Morgan fingerprint density at radius 3 is 2.76 bits per heavy atom. The maximum atomic E-state index is 13.7. The number of nitrogens with zero attached hydrogens (tertiary/aromatic N) is 1. The molecule has 1 aromatic rings. The lowest BCUT2D eigenvalue weighted by Crippen LogP contribution is -2.52. The van der Waals surface area contributed by atoms with Crippen LogP contribution in [-0.4, -0.2) is 17.0 Å². The van der Waals surface area contributed by atoms with Crippen molar-refractivity contribution in [1.82, 2.24) is 0 Å². The van der Waals surface area contributed by atoms with Gasteiger partial charge in [-0.15, -0.1) is 0 Å². The summed E-state index contributed by atoms with van der Waals surface area (Å²) in [5.74, 6) is -1.86. The van der Waals surface area contributed by atoms with Crippen molar-refractivity contribution < 1.29 is 13.7 Å². The molecule has 0 bridgehead atoms. The van der Waals surface area contributed by atoms with Gasteiger partial charge in [0.05, 0.1) is 10.5 Å². The molecule has 0 amide bonds. The Balaban J connectivity index is 2.44. The smallest absolute Gasteiger partial charge is 0.327 e. The van der Waals surface area contributed by atoms with Gasteiger partial charge in [0.25, 0.3) is 0 Å². The molecule has 0 radical (unpaired) electrons. The molecule has 1 aromatic carbocycles. The summed E-state index contributed by atoms with van der Waals surface area (Å²) in [5.41, 5.74) is 4.42. The lowest BCUT2D eigenvalue weighted by atomic mass is 9.73. The minimum Gasteiger partial charge on any atom is -0.372 e. The number of hydrogen-bond acceptors (Lipinski definition) is 4. The van der Waals surface area contributed by atoms with Gasteiger partial charge in [-0.25, -0.2) is 4.39 Å². The number of benzene rings is 1. The highest BCUT2D eigenvalue weighted by Gasteiger charge is 2.39. The molecule has 5 nitrogen and oxygen atoms in total. The molecule has 0 spiro atoms. The summed E-state index contributed by atoms with van der Waals surface area (Å²) in [4.78, 5) is 10.2. The first-order valence-corrected chi connectivity index (χ1v) is 7.01. The SMILES string of the molecule is CC1CCCCC1(CN)Nc1cc(F)cc(F)c1[N+](=O)[O-]. The fourth-order valence-electron chi connectivity index (χ4n) is 3.07. The minimum absolute atomic E-state index is 0.142. The molecule has 21 heavy (non-hydrogen) atoms. The van der Waals surface area contributed by atoms with Crippen molar-refractivity contribution in [2.24, 2.45) is 11.7 Å². The molecular weight excluding hydrogens is 280 g/mol. The zero-order chi connectivity index (χ0) is 15.6. The van der Waals surface area contributed by atoms with Crippen LogP contribution in [0.5, 0.6) is 0 Å². The van der Waals surface area contributed by atoms with E-state index in [9.17, 15) is 18.9 Å². The number of nitro groups is 1. The fourth-order valence-corrected chi connectivity index (χ4v) is 3.07. The zero-order valence-electron chi connectivity index (χ0n) is 11.9. The van der Waals surface area contributed by atoms with Gasteiger partial charge in [-0.05, 0) is 18.8 Å². The van der Waals surface area contributed by atoms with Gasteiger partial charge >= 0.3 is 5.69 Å². The normalized spacial score (nSPS) is 25.6.